The summed E-state index contributed by atoms with van der Waals surface area (Å²) in [5.74, 6) is 0.963. The summed E-state index contributed by atoms with van der Waals surface area (Å²) in [4.78, 5) is 40.3. The molecule has 1 aliphatic carbocycles. The van der Waals surface area contributed by atoms with Crippen molar-refractivity contribution in [1.82, 2.24) is 15.1 Å². The topological polar surface area (TPSA) is 79.0 Å². The van der Waals surface area contributed by atoms with E-state index < -0.39 is 0 Å². The number of amides is 3. The highest BCUT2D eigenvalue weighted by molar-refractivity contribution is 5.81. The predicted molar refractivity (Wildman–Crippen MR) is 103 cm³/mol. The molecule has 7 nitrogen and oxygen atoms in total. The first-order chi connectivity index (χ1) is 12.9. The summed E-state index contributed by atoms with van der Waals surface area (Å²) in [7, 11) is 0. The minimum absolute atomic E-state index is 0.0128. The van der Waals surface area contributed by atoms with Crippen molar-refractivity contribution in [3.05, 3.63) is 0 Å². The van der Waals surface area contributed by atoms with Gasteiger partial charge in [0.1, 0.15) is 0 Å². The fraction of sp³-hybridized carbons (Fsp3) is 0.850. The first kappa shape index (κ1) is 21.5. The van der Waals surface area contributed by atoms with Crippen LogP contribution in [0.3, 0.4) is 0 Å². The SMILES string of the molecule is CCOC(=O)N1CCN(C(=O)C2CCC(C(=O)NCCC(C)C)CC2)CC1. The highest BCUT2D eigenvalue weighted by atomic mass is 16.6. The maximum absolute atomic E-state index is 12.8. The number of nitrogens with zero attached hydrogens (tertiary/aromatic N) is 2. The van der Waals surface area contributed by atoms with Crippen molar-refractivity contribution in [1.29, 1.82) is 0 Å². The average molecular weight is 382 g/mol. The molecule has 1 heterocycles. The van der Waals surface area contributed by atoms with E-state index in [0.717, 1.165) is 38.6 Å². The molecule has 1 aliphatic heterocycles. The van der Waals surface area contributed by atoms with Gasteiger partial charge in [0.25, 0.3) is 0 Å². The molecule has 0 aromatic heterocycles. The molecule has 154 valence electrons. The lowest BCUT2D eigenvalue weighted by molar-refractivity contribution is -0.139. The number of piperazine rings is 1. The fourth-order valence-corrected chi connectivity index (χ4v) is 3.81. The van der Waals surface area contributed by atoms with Crippen LogP contribution in [0.5, 0.6) is 0 Å². The van der Waals surface area contributed by atoms with E-state index in [4.69, 9.17) is 4.74 Å². The highest BCUT2D eigenvalue weighted by Crippen LogP contribution is 2.30. The Labute approximate surface area is 162 Å². The molecule has 0 atom stereocenters. The Morgan fingerprint density at radius 2 is 1.52 bits per heavy atom. The zero-order chi connectivity index (χ0) is 19.8. The van der Waals surface area contributed by atoms with Gasteiger partial charge in [-0.1, -0.05) is 13.8 Å². The van der Waals surface area contributed by atoms with Crippen molar-refractivity contribution in [3.8, 4) is 0 Å². The summed E-state index contributed by atoms with van der Waals surface area (Å²) < 4.78 is 5.01. The van der Waals surface area contributed by atoms with Crippen molar-refractivity contribution in [2.75, 3.05) is 39.3 Å². The van der Waals surface area contributed by atoms with Gasteiger partial charge in [0.15, 0.2) is 0 Å². The van der Waals surface area contributed by atoms with Gasteiger partial charge in [0.2, 0.25) is 11.8 Å². The normalized spacial score (nSPS) is 23.3. The summed E-state index contributed by atoms with van der Waals surface area (Å²) in [5, 5.41) is 3.03. The van der Waals surface area contributed by atoms with Gasteiger partial charge >= 0.3 is 6.09 Å². The molecule has 0 unspecified atom stereocenters. The maximum atomic E-state index is 12.8. The second-order valence-electron chi connectivity index (χ2n) is 8.03. The molecule has 1 saturated carbocycles. The van der Waals surface area contributed by atoms with E-state index in [2.05, 4.69) is 19.2 Å². The van der Waals surface area contributed by atoms with Crippen molar-refractivity contribution in [3.63, 3.8) is 0 Å². The number of nitrogens with one attached hydrogen (secondary N) is 1. The van der Waals surface area contributed by atoms with E-state index in [9.17, 15) is 14.4 Å². The van der Waals surface area contributed by atoms with Gasteiger partial charge in [-0.2, -0.15) is 0 Å². The molecular weight excluding hydrogens is 346 g/mol. The lowest BCUT2D eigenvalue weighted by Crippen LogP contribution is -2.52. The van der Waals surface area contributed by atoms with Gasteiger partial charge in [-0.25, -0.2) is 4.79 Å². The quantitative estimate of drug-likeness (QED) is 0.765. The zero-order valence-electron chi connectivity index (χ0n) is 17.0. The van der Waals surface area contributed by atoms with Crippen LogP contribution in [0.25, 0.3) is 0 Å². The first-order valence-electron chi connectivity index (χ1n) is 10.4. The minimum atomic E-state index is -0.298. The molecule has 0 radical (unpaired) electrons. The molecule has 0 aromatic rings. The molecule has 0 bridgehead atoms. The average Bonchev–Trinajstić information content (AvgIpc) is 2.67. The van der Waals surface area contributed by atoms with Crippen molar-refractivity contribution < 1.29 is 19.1 Å². The lowest BCUT2D eigenvalue weighted by atomic mass is 9.80. The van der Waals surface area contributed by atoms with Crippen LogP contribution in [-0.2, 0) is 14.3 Å². The van der Waals surface area contributed by atoms with Gasteiger partial charge in [-0.3, -0.25) is 9.59 Å². The molecule has 7 heteroatoms. The Balaban J connectivity index is 1.71. The van der Waals surface area contributed by atoms with Crippen molar-refractivity contribution in [2.24, 2.45) is 17.8 Å². The van der Waals surface area contributed by atoms with Crippen molar-refractivity contribution >= 4 is 17.9 Å². The molecule has 2 rings (SSSR count). The minimum Gasteiger partial charge on any atom is -0.450 e. The van der Waals surface area contributed by atoms with Gasteiger partial charge in [0.05, 0.1) is 6.61 Å². The Hall–Kier alpha value is -1.79. The fourth-order valence-electron chi connectivity index (χ4n) is 3.81. The highest BCUT2D eigenvalue weighted by Gasteiger charge is 2.33. The maximum Gasteiger partial charge on any atom is 0.409 e. The third-order valence-electron chi connectivity index (χ3n) is 5.59. The van der Waals surface area contributed by atoms with Crippen LogP contribution in [0.1, 0.15) is 52.9 Å². The van der Waals surface area contributed by atoms with Crippen LogP contribution in [0.15, 0.2) is 0 Å². The second-order valence-corrected chi connectivity index (χ2v) is 8.03. The zero-order valence-corrected chi connectivity index (χ0v) is 17.0. The van der Waals surface area contributed by atoms with Crippen LogP contribution < -0.4 is 5.32 Å². The summed E-state index contributed by atoms with van der Waals surface area (Å²) >= 11 is 0. The molecule has 3 amide bonds. The summed E-state index contributed by atoms with van der Waals surface area (Å²) in [6.45, 7) is 9.37. The van der Waals surface area contributed by atoms with E-state index in [1.807, 2.05) is 4.90 Å². The molecule has 2 fully saturated rings. The lowest BCUT2D eigenvalue weighted by Gasteiger charge is -2.37. The smallest absolute Gasteiger partial charge is 0.409 e. The Kier molecular flexibility index (Phi) is 8.38. The largest absolute Gasteiger partial charge is 0.450 e. The monoisotopic (exact) mass is 381 g/mol. The molecule has 2 aliphatic rings. The number of ether oxygens (including phenoxy) is 1. The van der Waals surface area contributed by atoms with Gasteiger partial charge in [-0.05, 0) is 44.9 Å². The van der Waals surface area contributed by atoms with E-state index in [1.165, 1.54) is 0 Å². The number of carbonyl (C=O) groups excluding carboxylic acids is 3. The van der Waals surface area contributed by atoms with Crippen LogP contribution in [0.4, 0.5) is 4.79 Å². The van der Waals surface area contributed by atoms with Crippen molar-refractivity contribution in [2.45, 2.75) is 52.9 Å². The molecular formula is C20H35N3O4. The van der Waals surface area contributed by atoms with E-state index in [1.54, 1.807) is 11.8 Å². The van der Waals surface area contributed by atoms with Gasteiger partial charge in [0, 0.05) is 44.6 Å². The number of hydrogen-bond donors (Lipinski definition) is 1. The van der Waals surface area contributed by atoms with Crippen LogP contribution in [0, 0.1) is 17.8 Å². The second kappa shape index (κ2) is 10.5. The van der Waals surface area contributed by atoms with E-state index in [0.29, 0.717) is 38.7 Å². The number of rotatable bonds is 6. The third kappa shape index (κ3) is 6.40. The standard InChI is InChI=1S/C20H35N3O4/c1-4-27-20(26)23-13-11-22(12-14-23)19(25)17-7-5-16(6-8-17)18(24)21-10-9-15(2)3/h15-17H,4-14H2,1-3H3,(H,21,24). The van der Waals surface area contributed by atoms with Gasteiger partial charge in [-0.15, -0.1) is 0 Å². The Morgan fingerprint density at radius 3 is 2.07 bits per heavy atom. The number of carbonyl (C=O) groups is 3. The van der Waals surface area contributed by atoms with E-state index in [-0.39, 0.29) is 29.7 Å². The Bertz CT molecular complexity index is 507. The summed E-state index contributed by atoms with van der Waals surface area (Å²) in [5.41, 5.74) is 0. The number of hydrogen-bond acceptors (Lipinski definition) is 4. The predicted octanol–water partition coefficient (Wildman–Crippen LogP) is 2.26. The molecule has 0 spiro atoms. The summed E-state index contributed by atoms with van der Waals surface area (Å²) in [6.07, 6.45) is 3.82. The molecule has 27 heavy (non-hydrogen) atoms. The Morgan fingerprint density at radius 1 is 0.963 bits per heavy atom. The summed E-state index contributed by atoms with van der Waals surface area (Å²) in [6, 6.07) is 0. The third-order valence-corrected chi connectivity index (χ3v) is 5.59. The molecule has 1 saturated heterocycles. The van der Waals surface area contributed by atoms with Crippen LogP contribution in [-0.4, -0.2) is 67.0 Å². The van der Waals surface area contributed by atoms with Crippen LogP contribution >= 0.6 is 0 Å². The first-order valence-corrected chi connectivity index (χ1v) is 10.4. The van der Waals surface area contributed by atoms with E-state index >= 15 is 0 Å². The molecule has 0 aromatic carbocycles. The molecule has 1 N–H and O–H groups in total. The van der Waals surface area contributed by atoms with Gasteiger partial charge < -0.3 is 19.9 Å². The van der Waals surface area contributed by atoms with Crippen LogP contribution in [0.2, 0.25) is 0 Å².